The van der Waals surface area contributed by atoms with E-state index in [9.17, 15) is 9.90 Å². The summed E-state index contributed by atoms with van der Waals surface area (Å²) in [5, 5.41) is 20.1. The molecule has 1 fully saturated rings. The molecule has 6 nitrogen and oxygen atoms in total. The lowest BCUT2D eigenvalue weighted by atomic mass is 9.93. The van der Waals surface area contributed by atoms with Gasteiger partial charge in [-0.25, -0.2) is 9.67 Å². The Bertz CT molecular complexity index is 940. The number of pyridine rings is 1. The van der Waals surface area contributed by atoms with Crippen LogP contribution in [0.1, 0.15) is 55.9 Å². The summed E-state index contributed by atoms with van der Waals surface area (Å²) < 4.78 is 1.86. The monoisotopic (exact) mass is 384 g/mol. The van der Waals surface area contributed by atoms with E-state index in [4.69, 9.17) is 4.98 Å². The molecule has 1 saturated carbocycles. The maximum absolute atomic E-state index is 13.1. The third-order valence-electron chi connectivity index (χ3n) is 5.11. The highest BCUT2D eigenvalue weighted by atomic mass is 32.1. The van der Waals surface area contributed by atoms with Gasteiger partial charge in [-0.2, -0.15) is 5.10 Å². The molecular weight excluding hydrogens is 360 g/mol. The number of amides is 1. The normalized spacial score (nSPS) is 20.3. The van der Waals surface area contributed by atoms with Crippen molar-refractivity contribution in [3.05, 3.63) is 35.3 Å². The number of carbonyl (C=O) groups is 1. The molecule has 0 aromatic carbocycles. The standard InChI is InChI=1S/C20H24N4O2S/c1-12(2)24-19-16(11-21-24)15(10-17(23-19)18-4-3-9-27-18)20(26)22-13-5-7-14(25)8-6-13/h3-4,9-14,25H,5-8H2,1-2H3,(H,22,26). The molecule has 0 atom stereocenters. The summed E-state index contributed by atoms with van der Waals surface area (Å²) in [4.78, 5) is 18.9. The summed E-state index contributed by atoms with van der Waals surface area (Å²) in [6.45, 7) is 4.11. The number of nitrogens with zero attached hydrogens (tertiary/aromatic N) is 3. The minimum atomic E-state index is -0.236. The molecule has 4 rings (SSSR count). The molecule has 0 saturated heterocycles. The van der Waals surface area contributed by atoms with Crippen LogP contribution < -0.4 is 5.32 Å². The van der Waals surface area contributed by atoms with E-state index in [1.807, 2.05) is 28.3 Å². The number of carbonyl (C=O) groups excluding carboxylic acids is 1. The molecule has 1 aliphatic rings. The molecule has 0 radical (unpaired) electrons. The minimum absolute atomic E-state index is 0.0927. The summed E-state index contributed by atoms with van der Waals surface area (Å²) in [6.07, 6.45) is 4.60. The van der Waals surface area contributed by atoms with E-state index in [-0.39, 0.29) is 24.1 Å². The zero-order valence-electron chi connectivity index (χ0n) is 15.6. The number of aliphatic hydroxyl groups is 1. The maximum Gasteiger partial charge on any atom is 0.252 e. The summed E-state index contributed by atoms with van der Waals surface area (Å²) in [6, 6.07) is 6.13. The summed E-state index contributed by atoms with van der Waals surface area (Å²) >= 11 is 1.61. The van der Waals surface area contributed by atoms with Crippen LogP contribution in [0.2, 0.25) is 0 Å². The van der Waals surface area contributed by atoms with Gasteiger partial charge in [0.2, 0.25) is 0 Å². The lowest BCUT2D eigenvalue weighted by Gasteiger charge is -2.26. The van der Waals surface area contributed by atoms with Crippen LogP contribution in [0.5, 0.6) is 0 Å². The van der Waals surface area contributed by atoms with Crippen molar-refractivity contribution in [2.75, 3.05) is 0 Å². The highest BCUT2D eigenvalue weighted by Gasteiger charge is 2.24. The summed E-state index contributed by atoms with van der Waals surface area (Å²) in [7, 11) is 0. The molecular formula is C20H24N4O2S. The van der Waals surface area contributed by atoms with Gasteiger partial charge in [0, 0.05) is 12.1 Å². The second-order valence-electron chi connectivity index (χ2n) is 7.43. The first-order chi connectivity index (χ1) is 13.0. The number of fused-ring (bicyclic) bond motifs is 1. The van der Waals surface area contributed by atoms with Gasteiger partial charge >= 0.3 is 0 Å². The first-order valence-electron chi connectivity index (χ1n) is 9.44. The molecule has 3 heterocycles. The Morgan fingerprint density at radius 2 is 2.11 bits per heavy atom. The molecule has 7 heteroatoms. The van der Waals surface area contributed by atoms with Crippen molar-refractivity contribution in [1.82, 2.24) is 20.1 Å². The van der Waals surface area contributed by atoms with Gasteiger partial charge in [0.15, 0.2) is 5.65 Å². The van der Waals surface area contributed by atoms with Gasteiger partial charge in [-0.05, 0) is 57.0 Å². The van der Waals surface area contributed by atoms with Crippen LogP contribution in [0, 0.1) is 0 Å². The molecule has 0 unspecified atom stereocenters. The molecule has 1 amide bonds. The molecule has 3 aromatic rings. The predicted molar refractivity (Wildman–Crippen MR) is 107 cm³/mol. The van der Waals surface area contributed by atoms with Crippen LogP contribution in [0.4, 0.5) is 0 Å². The first-order valence-corrected chi connectivity index (χ1v) is 10.3. The largest absolute Gasteiger partial charge is 0.393 e. The van der Waals surface area contributed by atoms with Crippen LogP contribution >= 0.6 is 11.3 Å². The Hall–Kier alpha value is -2.25. The smallest absolute Gasteiger partial charge is 0.252 e. The highest BCUT2D eigenvalue weighted by Crippen LogP contribution is 2.29. The number of rotatable bonds is 4. The number of nitrogens with one attached hydrogen (secondary N) is 1. The first kappa shape index (κ1) is 18.1. The number of thiophene rings is 1. The zero-order valence-corrected chi connectivity index (χ0v) is 16.4. The van der Waals surface area contributed by atoms with E-state index in [1.54, 1.807) is 17.5 Å². The van der Waals surface area contributed by atoms with Gasteiger partial charge in [0.05, 0.1) is 33.8 Å². The van der Waals surface area contributed by atoms with Crippen LogP contribution in [0.15, 0.2) is 29.8 Å². The van der Waals surface area contributed by atoms with E-state index in [1.165, 1.54) is 0 Å². The third-order valence-corrected chi connectivity index (χ3v) is 6.00. The summed E-state index contributed by atoms with van der Waals surface area (Å²) in [5.74, 6) is -0.0927. The second-order valence-corrected chi connectivity index (χ2v) is 8.38. The number of hydrogen-bond acceptors (Lipinski definition) is 5. The van der Waals surface area contributed by atoms with E-state index in [0.717, 1.165) is 47.3 Å². The highest BCUT2D eigenvalue weighted by molar-refractivity contribution is 7.13. The van der Waals surface area contributed by atoms with Gasteiger partial charge < -0.3 is 10.4 Å². The molecule has 3 aromatic heterocycles. The lowest BCUT2D eigenvalue weighted by Crippen LogP contribution is -2.38. The zero-order chi connectivity index (χ0) is 19.0. The quantitative estimate of drug-likeness (QED) is 0.717. The molecule has 0 aliphatic heterocycles. The number of hydrogen-bond donors (Lipinski definition) is 2. The van der Waals surface area contributed by atoms with Crippen LogP contribution in [0.3, 0.4) is 0 Å². The van der Waals surface area contributed by atoms with Crippen LogP contribution in [-0.2, 0) is 0 Å². The fourth-order valence-electron chi connectivity index (χ4n) is 3.62. The van der Waals surface area contributed by atoms with Crippen molar-refractivity contribution in [1.29, 1.82) is 0 Å². The second kappa shape index (κ2) is 7.40. The molecule has 142 valence electrons. The molecule has 1 aliphatic carbocycles. The fourth-order valence-corrected chi connectivity index (χ4v) is 4.30. The molecule has 27 heavy (non-hydrogen) atoms. The molecule has 0 spiro atoms. The van der Waals surface area contributed by atoms with Gasteiger partial charge in [0.1, 0.15) is 0 Å². The number of aliphatic hydroxyl groups excluding tert-OH is 1. The Labute approximate surface area is 162 Å². The SMILES string of the molecule is CC(C)n1ncc2c(C(=O)NC3CCC(O)CC3)cc(-c3cccs3)nc21. The van der Waals surface area contributed by atoms with Crippen LogP contribution in [0.25, 0.3) is 21.6 Å². The van der Waals surface area contributed by atoms with E-state index < -0.39 is 0 Å². The average molecular weight is 385 g/mol. The lowest BCUT2D eigenvalue weighted by molar-refractivity contribution is 0.0869. The van der Waals surface area contributed by atoms with Crippen molar-refractivity contribution in [3.63, 3.8) is 0 Å². The summed E-state index contributed by atoms with van der Waals surface area (Å²) in [5.41, 5.74) is 2.14. The van der Waals surface area contributed by atoms with Crippen molar-refractivity contribution >= 4 is 28.3 Å². The van der Waals surface area contributed by atoms with Crippen molar-refractivity contribution < 1.29 is 9.90 Å². The Balaban J connectivity index is 1.73. The maximum atomic E-state index is 13.1. The van der Waals surface area contributed by atoms with Crippen molar-refractivity contribution in [2.24, 2.45) is 0 Å². The van der Waals surface area contributed by atoms with E-state index >= 15 is 0 Å². The molecule has 2 N–H and O–H groups in total. The van der Waals surface area contributed by atoms with E-state index in [2.05, 4.69) is 24.3 Å². The van der Waals surface area contributed by atoms with Crippen molar-refractivity contribution in [2.45, 2.75) is 57.7 Å². The molecule has 0 bridgehead atoms. The van der Waals surface area contributed by atoms with Gasteiger partial charge in [0.25, 0.3) is 5.91 Å². The Morgan fingerprint density at radius 3 is 2.78 bits per heavy atom. The van der Waals surface area contributed by atoms with Crippen LogP contribution in [-0.4, -0.2) is 37.9 Å². The minimum Gasteiger partial charge on any atom is -0.393 e. The fraction of sp³-hybridized carbons (Fsp3) is 0.450. The Morgan fingerprint density at radius 1 is 1.33 bits per heavy atom. The Kier molecular flexibility index (Phi) is 4.97. The van der Waals surface area contributed by atoms with Gasteiger partial charge in [-0.15, -0.1) is 11.3 Å². The van der Waals surface area contributed by atoms with Gasteiger partial charge in [-0.1, -0.05) is 6.07 Å². The van der Waals surface area contributed by atoms with Crippen molar-refractivity contribution in [3.8, 4) is 10.6 Å². The van der Waals surface area contributed by atoms with Gasteiger partial charge in [-0.3, -0.25) is 4.79 Å². The van der Waals surface area contributed by atoms with E-state index in [0.29, 0.717) is 5.56 Å². The predicted octanol–water partition coefficient (Wildman–Crippen LogP) is 3.77. The topological polar surface area (TPSA) is 80.0 Å². The third kappa shape index (κ3) is 3.61. The number of aromatic nitrogens is 3. The average Bonchev–Trinajstić information content (AvgIpc) is 3.32.